The minimum Gasteiger partial charge on any atom is -0.390 e. The lowest BCUT2D eigenvalue weighted by molar-refractivity contribution is 0.274. The van der Waals surface area contributed by atoms with E-state index in [1.165, 1.54) is 6.07 Å². The van der Waals surface area contributed by atoms with Crippen LogP contribution >= 0.6 is 0 Å². The molecule has 14 heavy (non-hydrogen) atoms. The lowest BCUT2D eigenvalue weighted by Gasteiger charge is -2.13. The van der Waals surface area contributed by atoms with Crippen LogP contribution in [0.3, 0.4) is 0 Å². The van der Waals surface area contributed by atoms with Crippen molar-refractivity contribution in [1.82, 2.24) is 10.3 Å². The number of hydrogen-bond acceptors (Lipinski definition) is 3. The van der Waals surface area contributed by atoms with Crippen LogP contribution in [0.4, 0.5) is 4.39 Å². The highest BCUT2D eigenvalue weighted by Crippen LogP contribution is 2.25. The molecule has 0 unspecified atom stereocenters. The first-order valence-corrected chi connectivity index (χ1v) is 4.80. The molecular weight excluding hydrogens is 183 g/mol. The molecule has 1 aromatic heterocycles. The van der Waals surface area contributed by atoms with Gasteiger partial charge in [-0.05, 0) is 31.0 Å². The van der Waals surface area contributed by atoms with Gasteiger partial charge in [-0.3, -0.25) is 4.98 Å². The van der Waals surface area contributed by atoms with Crippen molar-refractivity contribution in [1.29, 1.82) is 0 Å². The van der Waals surface area contributed by atoms with Gasteiger partial charge < -0.3 is 10.4 Å². The fourth-order valence-corrected chi connectivity index (χ4v) is 1.87. The minimum atomic E-state index is -0.342. The highest BCUT2D eigenvalue weighted by molar-refractivity contribution is 5.24. The summed E-state index contributed by atoms with van der Waals surface area (Å²) in [7, 11) is 0. The van der Waals surface area contributed by atoms with Crippen molar-refractivity contribution in [2.75, 3.05) is 6.54 Å². The molecule has 0 radical (unpaired) electrons. The Morgan fingerprint density at radius 1 is 1.64 bits per heavy atom. The fourth-order valence-electron chi connectivity index (χ4n) is 1.87. The number of aromatic nitrogens is 1. The van der Waals surface area contributed by atoms with Crippen LogP contribution in [0.2, 0.25) is 0 Å². The maximum Gasteiger partial charge on any atom is 0.141 e. The van der Waals surface area contributed by atoms with Gasteiger partial charge in [-0.15, -0.1) is 0 Å². The summed E-state index contributed by atoms with van der Waals surface area (Å²) < 4.78 is 13.0. The van der Waals surface area contributed by atoms with E-state index < -0.39 is 0 Å². The molecule has 1 aliphatic heterocycles. The summed E-state index contributed by atoms with van der Waals surface area (Å²) in [6.07, 6.45) is 3.22. The van der Waals surface area contributed by atoms with E-state index in [1.54, 1.807) is 0 Å². The largest absolute Gasteiger partial charge is 0.390 e. The van der Waals surface area contributed by atoms with Gasteiger partial charge in [0.1, 0.15) is 5.82 Å². The summed E-state index contributed by atoms with van der Waals surface area (Å²) in [6.45, 7) is 0.819. The highest BCUT2D eigenvalue weighted by Gasteiger charge is 2.20. The van der Waals surface area contributed by atoms with Crippen LogP contribution in [0.25, 0.3) is 0 Å². The molecule has 0 saturated carbocycles. The van der Waals surface area contributed by atoms with Crippen LogP contribution in [0.15, 0.2) is 12.3 Å². The average molecular weight is 196 g/mol. The third-order valence-corrected chi connectivity index (χ3v) is 2.56. The summed E-state index contributed by atoms with van der Waals surface area (Å²) in [4.78, 5) is 3.88. The van der Waals surface area contributed by atoms with Gasteiger partial charge in [0.25, 0.3) is 0 Å². The van der Waals surface area contributed by atoms with Crippen molar-refractivity contribution in [2.24, 2.45) is 0 Å². The molecule has 1 atom stereocenters. The van der Waals surface area contributed by atoms with E-state index in [-0.39, 0.29) is 18.5 Å². The van der Waals surface area contributed by atoms with Crippen molar-refractivity contribution in [3.63, 3.8) is 0 Å². The number of aliphatic hydroxyl groups excluding tert-OH is 1. The van der Waals surface area contributed by atoms with Gasteiger partial charge >= 0.3 is 0 Å². The molecule has 2 heterocycles. The van der Waals surface area contributed by atoms with Crippen LogP contribution in [0.1, 0.15) is 30.1 Å². The first-order chi connectivity index (χ1) is 6.81. The molecule has 2 rings (SSSR count). The third-order valence-electron chi connectivity index (χ3n) is 2.56. The first-order valence-electron chi connectivity index (χ1n) is 4.80. The summed E-state index contributed by atoms with van der Waals surface area (Å²) in [5.41, 5.74) is 1.37. The second-order valence-electron chi connectivity index (χ2n) is 3.50. The normalized spacial score (nSPS) is 21.4. The van der Waals surface area contributed by atoms with E-state index in [2.05, 4.69) is 10.3 Å². The molecule has 0 aromatic carbocycles. The number of rotatable bonds is 2. The van der Waals surface area contributed by atoms with E-state index in [0.29, 0.717) is 5.69 Å². The van der Waals surface area contributed by atoms with Gasteiger partial charge in [0.05, 0.1) is 18.5 Å². The van der Waals surface area contributed by atoms with Gasteiger partial charge in [0.15, 0.2) is 0 Å². The van der Waals surface area contributed by atoms with Crippen molar-refractivity contribution in [2.45, 2.75) is 25.5 Å². The smallest absolute Gasteiger partial charge is 0.141 e. The lowest BCUT2D eigenvalue weighted by atomic mass is 10.0. The van der Waals surface area contributed by atoms with Crippen LogP contribution < -0.4 is 5.32 Å². The Hall–Kier alpha value is -1.00. The van der Waals surface area contributed by atoms with Gasteiger partial charge in [0.2, 0.25) is 0 Å². The van der Waals surface area contributed by atoms with Crippen LogP contribution in [0, 0.1) is 5.82 Å². The number of halogens is 1. The SMILES string of the molecule is OCc1ncc(F)cc1[C@H]1CCCN1. The van der Waals surface area contributed by atoms with Crippen LogP contribution in [-0.2, 0) is 6.61 Å². The number of pyridine rings is 1. The molecular formula is C10H13FN2O. The Kier molecular flexibility index (Phi) is 2.74. The third kappa shape index (κ3) is 1.76. The maximum atomic E-state index is 13.0. The first kappa shape index (κ1) is 9.55. The van der Waals surface area contributed by atoms with Crippen LogP contribution in [-0.4, -0.2) is 16.6 Å². The van der Waals surface area contributed by atoms with Crippen molar-refractivity contribution >= 4 is 0 Å². The minimum absolute atomic E-state index is 0.131. The number of hydrogen-bond donors (Lipinski definition) is 2. The zero-order valence-corrected chi connectivity index (χ0v) is 7.83. The monoisotopic (exact) mass is 196 g/mol. The van der Waals surface area contributed by atoms with E-state index in [4.69, 9.17) is 5.11 Å². The summed E-state index contributed by atoms with van der Waals surface area (Å²) in [6, 6.07) is 1.61. The van der Waals surface area contributed by atoms with E-state index in [9.17, 15) is 4.39 Å². The molecule has 1 saturated heterocycles. The Bertz CT molecular complexity index is 324. The Morgan fingerprint density at radius 2 is 2.50 bits per heavy atom. The zero-order chi connectivity index (χ0) is 9.97. The zero-order valence-electron chi connectivity index (χ0n) is 7.83. The summed E-state index contributed by atoms with van der Waals surface area (Å²) in [5.74, 6) is -0.342. The molecule has 0 spiro atoms. The number of nitrogens with one attached hydrogen (secondary N) is 1. The van der Waals surface area contributed by atoms with Gasteiger partial charge in [-0.1, -0.05) is 0 Å². The quantitative estimate of drug-likeness (QED) is 0.745. The standard InChI is InChI=1S/C10H13FN2O/c11-7-4-8(9-2-1-3-12-9)10(6-14)13-5-7/h4-5,9,12,14H,1-3,6H2/t9-/m1/s1. The average Bonchev–Trinajstić information content (AvgIpc) is 2.70. The maximum absolute atomic E-state index is 13.0. The second kappa shape index (κ2) is 4.02. The van der Waals surface area contributed by atoms with Crippen molar-refractivity contribution in [3.8, 4) is 0 Å². The van der Waals surface area contributed by atoms with Crippen molar-refractivity contribution < 1.29 is 9.50 Å². The van der Waals surface area contributed by atoms with Gasteiger partial charge in [-0.25, -0.2) is 4.39 Å². The highest BCUT2D eigenvalue weighted by atomic mass is 19.1. The summed E-state index contributed by atoms with van der Waals surface area (Å²) >= 11 is 0. The molecule has 4 heteroatoms. The van der Waals surface area contributed by atoms with Gasteiger partial charge in [-0.2, -0.15) is 0 Å². The molecule has 1 aliphatic rings. The predicted octanol–water partition coefficient (Wildman–Crippen LogP) is 1.14. The van der Waals surface area contributed by atoms with E-state index >= 15 is 0 Å². The molecule has 76 valence electrons. The Labute approximate surface area is 82.0 Å². The topological polar surface area (TPSA) is 45.2 Å². The Morgan fingerprint density at radius 3 is 3.14 bits per heavy atom. The molecule has 0 bridgehead atoms. The van der Waals surface area contributed by atoms with Gasteiger partial charge in [0, 0.05) is 6.04 Å². The lowest BCUT2D eigenvalue weighted by Crippen LogP contribution is -2.15. The summed E-state index contributed by atoms with van der Waals surface area (Å²) in [5, 5.41) is 12.3. The Balaban J connectivity index is 2.33. The molecule has 1 fully saturated rings. The molecule has 3 nitrogen and oxygen atoms in total. The van der Waals surface area contributed by atoms with E-state index in [1.807, 2.05) is 0 Å². The molecule has 0 aliphatic carbocycles. The van der Waals surface area contributed by atoms with Crippen LogP contribution in [0.5, 0.6) is 0 Å². The second-order valence-corrected chi connectivity index (χ2v) is 3.50. The molecule has 1 aromatic rings. The predicted molar refractivity (Wildman–Crippen MR) is 50.1 cm³/mol. The van der Waals surface area contributed by atoms with E-state index in [0.717, 1.165) is 31.1 Å². The number of nitrogens with zero attached hydrogens (tertiary/aromatic N) is 1. The fraction of sp³-hybridized carbons (Fsp3) is 0.500. The van der Waals surface area contributed by atoms with Crippen molar-refractivity contribution in [3.05, 3.63) is 29.3 Å². The molecule has 2 N–H and O–H groups in total. The molecule has 0 amide bonds. The number of aliphatic hydroxyl groups is 1.